The van der Waals surface area contributed by atoms with E-state index in [4.69, 9.17) is 0 Å². The average molecular weight is 763 g/mol. The van der Waals surface area contributed by atoms with Gasteiger partial charge in [0, 0.05) is 32.8 Å². The van der Waals surface area contributed by atoms with Crippen LogP contribution in [0.1, 0.15) is 0 Å². The summed E-state index contributed by atoms with van der Waals surface area (Å²) >= 11 is 0. The minimum atomic E-state index is 1.15. The molecule has 280 valence electrons. The van der Waals surface area contributed by atoms with Crippen LogP contribution in [0.5, 0.6) is 0 Å². The third-order valence-corrected chi connectivity index (χ3v) is 12.3. The van der Waals surface area contributed by atoms with Gasteiger partial charge in [-0.25, -0.2) is 0 Å². The van der Waals surface area contributed by atoms with Gasteiger partial charge in [-0.2, -0.15) is 0 Å². The van der Waals surface area contributed by atoms with Crippen molar-refractivity contribution in [3.05, 3.63) is 231 Å². The third-order valence-electron chi connectivity index (χ3n) is 12.3. The van der Waals surface area contributed by atoms with Crippen molar-refractivity contribution in [1.82, 2.24) is 9.13 Å². The van der Waals surface area contributed by atoms with Crippen molar-refractivity contribution in [2.45, 2.75) is 0 Å². The molecule has 2 heterocycles. The molecule has 0 bridgehead atoms. The van der Waals surface area contributed by atoms with Crippen LogP contribution in [0.15, 0.2) is 231 Å². The van der Waals surface area contributed by atoms with Crippen LogP contribution in [0.2, 0.25) is 0 Å². The molecule has 60 heavy (non-hydrogen) atoms. The zero-order valence-electron chi connectivity index (χ0n) is 32.8. The molecule has 0 aliphatic carbocycles. The summed E-state index contributed by atoms with van der Waals surface area (Å²) in [5, 5.41) is 7.48. The van der Waals surface area contributed by atoms with E-state index in [2.05, 4.69) is 240 Å². The van der Waals surface area contributed by atoms with Gasteiger partial charge in [0.15, 0.2) is 0 Å². The highest BCUT2D eigenvalue weighted by Crippen LogP contribution is 2.41. The van der Waals surface area contributed by atoms with E-state index in [-0.39, 0.29) is 0 Å². The Labute approximate surface area is 348 Å². The van der Waals surface area contributed by atoms with Crippen molar-refractivity contribution in [2.75, 3.05) is 0 Å². The van der Waals surface area contributed by atoms with E-state index >= 15 is 0 Å². The number of nitrogens with zero attached hydrogens (tertiary/aromatic N) is 2. The summed E-state index contributed by atoms with van der Waals surface area (Å²) in [6.07, 6.45) is 0. The molecule has 0 saturated heterocycles. The van der Waals surface area contributed by atoms with Crippen molar-refractivity contribution in [2.24, 2.45) is 0 Å². The van der Waals surface area contributed by atoms with Gasteiger partial charge in [0.05, 0.1) is 27.8 Å². The van der Waals surface area contributed by atoms with E-state index in [1.807, 2.05) is 0 Å². The number of fused-ring (bicyclic) bond motifs is 7. The van der Waals surface area contributed by atoms with Gasteiger partial charge in [-0.1, -0.05) is 176 Å². The normalized spacial score (nSPS) is 11.7. The van der Waals surface area contributed by atoms with Crippen LogP contribution in [0, 0.1) is 0 Å². The molecule has 0 spiro atoms. The minimum Gasteiger partial charge on any atom is -0.309 e. The van der Waals surface area contributed by atoms with Crippen LogP contribution >= 0.6 is 0 Å². The molecule has 12 rings (SSSR count). The van der Waals surface area contributed by atoms with Crippen molar-refractivity contribution >= 4 is 54.4 Å². The van der Waals surface area contributed by atoms with Crippen molar-refractivity contribution in [3.8, 4) is 55.9 Å². The fraction of sp³-hybridized carbons (Fsp3) is 0. The van der Waals surface area contributed by atoms with Crippen molar-refractivity contribution in [1.29, 1.82) is 0 Å². The molecule has 0 radical (unpaired) electrons. The zero-order valence-corrected chi connectivity index (χ0v) is 32.8. The van der Waals surface area contributed by atoms with Gasteiger partial charge < -0.3 is 9.13 Å². The molecule has 2 aromatic heterocycles. The van der Waals surface area contributed by atoms with Crippen molar-refractivity contribution < 1.29 is 0 Å². The van der Waals surface area contributed by atoms with Gasteiger partial charge >= 0.3 is 0 Å². The predicted molar refractivity (Wildman–Crippen MR) is 254 cm³/mol. The molecule has 0 N–H and O–H groups in total. The molecule has 12 aromatic rings. The second-order valence-corrected chi connectivity index (χ2v) is 15.7. The third kappa shape index (κ3) is 5.57. The van der Waals surface area contributed by atoms with Gasteiger partial charge in [-0.15, -0.1) is 0 Å². The fourth-order valence-electron chi connectivity index (χ4n) is 9.44. The molecule has 2 heteroatoms. The first-order valence-corrected chi connectivity index (χ1v) is 20.7. The lowest BCUT2D eigenvalue weighted by Gasteiger charge is -2.15. The maximum atomic E-state index is 2.47. The van der Waals surface area contributed by atoms with Crippen LogP contribution in [0.3, 0.4) is 0 Å². The van der Waals surface area contributed by atoms with Gasteiger partial charge in [0.2, 0.25) is 0 Å². The van der Waals surface area contributed by atoms with Gasteiger partial charge in [0.25, 0.3) is 0 Å². The van der Waals surface area contributed by atoms with E-state index in [1.54, 1.807) is 0 Å². The molecule has 0 amide bonds. The number of hydrogen-bond donors (Lipinski definition) is 0. The lowest BCUT2D eigenvalue weighted by molar-refractivity contribution is 1.18. The lowest BCUT2D eigenvalue weighted by Crippen LogP contribution is -1.97. The second-order valence-electron chi connectivity index (χ2n) is 15.7. The molecule has 0 aliphatic rings. The van der Waals surface area contributed by atoms with Crippen LogP contribution < -0.4 is 0 Å². The standard InChI is InChI=1S/C58H38N2/c1-2-14-39(15-3-1)43-19-13-21-48(36-43)59-55-26-10-7-23-50(55)52-32-30-45(37-57(52)59)46-31-33-53-51-24-8-11-27-56(51)60(58(53)38-46)54-25-9-6-22-49(54)47-20-12-18-42(35-47)44-29-28-40-16-4-5-17-41(40)34-44/h1-38H. The maximum Gasteiger partial charge on any atom is 0.0547 e. The molecule has 0 aliphatic heterocycles. The Kier molecular flexibility index (Phi) is 7.89. The van der Waals surface area contributed by atoms with E-state index < -0.39 is 0 Å². The Hall–Kier alpha value is -7.94. The summed E-state index contributed by atoms with van der Waals surface area (Å²) in [6, 6.07) is 84.3. The number of rotatable bonds is 6. The van der Waals surface area contributed by atoms with Crippen molar-refractivity contribution in [3.63, 3.8) is 0 Å². The Morgan fingerprint density at radius 1 is 0.233 bits per heavy atom. The molecule has 0 unspecified atom stereocenters. The topological polar surface area (TPSA) is 9.86 Å². The molecule has 10 aromatic carbocycles. The summed E-state index contributed by atoms with van der Waals surface area (Å²) in [6.45, 7) is 0. The largest absolute Gasteiger partial charge is 0.309 e. The van der Waals surface area contributed by atoms with Crippen LogP contribution in [0.25, 0.3) is 110 Å². The highest BCUT2D eigenvalue weighted by Gasteiger charge is 2.18. The first kappa shape index (κ1) is 34.1. The van der Waals surface area contributed by atoms with Crippen LogP contribution in [-0.4, -0.2) is 9.13 Å². The molecule has 0 saturated carbocycles. The number of benzene rings is 10. The second kappa shape index (κ2) is 13.9. The first-order chi connectivity index (χ1) is 29.7. The SMILES string of the molecule is c1ccc(-c2cccc(-n3c4ccccc4c4ccc(-c5ccc6c7ccccc7n(-c7ccccc7-c7cccc(-c8ccc9ccccc9c8)c7)c6c5)cc43)c2)cc1. The summed E-state index contributed by atoms with van der Waals surface area (Å²) in [5.74, 6) is 0. The number of aromatic nitrogens is 2. The average Bonchev–Trinajstić information content (AvgIpc) is 3.84. The summed E-state index contributed by atoms with van der Waals surface area (Å²) in [7, 11) is 0. The minimum absolute atomic E-state index is 1.15. The van der Waals surface area contributed by atoms with Gasteiger partial charge in [0.1, 0.15) is 0 Å². The Bertz CT molecular complexity index is 3600. The Morgan fingerprint density at radius 2 is 0.733 bits per heavy atom. The van der Waals surface area contributed by atoms with E-state index in [1.165, 1.54) is 98.9 Å². The molecular weight excluding hydrogens is 725 g/mol. The number of hydrogen-bond acceptors (Lipinski definition) is 0. The zero-order chi connectivity index (χ0) is 39.6. The lowest BCUT2D eigenvalue weighted by atomic mass is 9.96. The first-order valence-electron chi connectivity index (χ1n) is 20.7. The quantitative estimate of drug-likeness (QED) is 0.160. The van der Waals surface area contributed by atoms with E-state index in [9.17, 15) is 0 Å². The summed E-state index contributed by atoms with van der Waals surface area (Å²) in [5.41, 5.74) is 16.7. The molecule has 0 fully saturated rings. The predicted octanol–water partition coefficient (Wildman–Crippen LogP) is 15.7. The Balaban J connectivity index is 1.02. The monoisotopic (exact) mass is 762 g/mol. The fourth-order valence-corrected chi connectivity index (χ4v) is 9.44. The molecular formula is C58H38N2. The van der Waals surface area contributed by atoms with E-state index in [0.29, 0.717) is 0 Å². The Morgan fingerprint density at radius 3 is 1.50 bits per heavy atom. The molecule has 2 nitrogen and oxygen atoms in total. The summed E-state index contributed by atoms with van der Waals surface area (Å²) < 4.78 is 4.90. The number of para-hydroxylation sites is 3. The summed E-state index contributed by atoms with van der Waals surface area (Å²) in [4.78, 5) is 0. The molecule has 0 atom stereocenters. The van der Waals surface area contributed by atoms with E-state index in [0.717, 1.165) is 11.4 Å². The van der Waals surface area contributed by atoms with Gasteiger partial charge in [-0.3, -0.25) is 0 Å². The smallest absolute Gasteiger partial charge is 0.0547 e. The highest BCUT2D eigenvalue weighted by atomic mass is 15.0. The van der Waals surface area contributed by atoms with Crippen LogP contribution in [0.4, 0.5) is 0 Å². The highest BCUT2D eigenvalue weighted by molar-refractivity contribution is 6.12. The maximum absolute atomic E-state index is 2.47. The van der Waals surface area contributed by atoms with Gasteiger partial charge in [-0.05, 0) is 104 Å². The van der Waals surface area contributed by atoms with Crippen LogP contribution in [-0.2, 0) is 0 Å².